The highest BCUT2D eigenvalue weighted by Crippen LogP contribution is 2.27. The van der Waals surface area contributed by atoms with Crippen molar-refractivity contribution in [3.05, 3.63) is 18.2 Å². The SMILES string of the molecule is CCCn1ccnc1CC(=O)C1CCCS1. The Kier molecular flexibility index (Phi) is 4.04. The number of Topliss-reactive ketones (excluding diaryl/α,β-unsaturated/α-hetero) is 1. The largest absolute Gasteiger partial charge is 0.335 e. The van der Waals surface area contributed by atoms with E-state index in [1.54, 1.807) is 18.0 Å². The normalized spacial score (nSPS) is 20.2. The van der Waals surface area contributed by atoms with Crippen LogP contribution in [0.5, 0.6) is 0 Å². The molecule has 0 aromatic carbocycles. The average molecular weight is 238 g/mol. The Labute approximate surface area is 101 Å². The van der Waals surface area contributed by atoms with Crippen LogP contribution in [-0.2, 0) is 17.8 Å². The zero-order chi connectivity index (χ0) is 11.4. The molecule has 4 heteroatoms. The van der Waals surface area contributed by atoms with Gasteiger partial charge in [-0.2, -0.15) is 11.8 Å². The molecule has 1 aliphatic heterocycles. The third-order valence-corrected chi connectivity index (χ3v) is 4.31. The average Bonchev–Trinajstić information content (AvgIpc) is 2.90. The number of aromatic nitrogens is 2. The summed E-state index contributed by atoms with van der Waals surface area (Å²) in [6.45, 7) is 3.10. The van der Waals surface area contributed by atoms with E-state index in [-0.39, 0.29) is 5.25 Å². The number of thioether (sulfide) groups is 1. The first-order chi connectivity index (χ1) is 7.81. The van der Waals surface area contributed by atoms with E-state index >= 15 is 0 Å². The molecule has 0 aliphatic carbocycles. The molecular formula is C12H18N2OS. The van der Waals surface area contributed by atoms with Crippen molar-refractivity contribution >= 4 is 17.5 Å². The van der Waals surface area contributed by atoms with Crippen molar-refractivity contribution in [1.82, 2.24) is 9.55 Å². The molecular weight excluding hydrogens is 220 g/mol. The van der Waals surface area contributed by atoms with Gasteiger partial charge >= 0.3 is 0 Å². The van der Waals surface area contributed by atoms with Gasteiger partial charge in [0, 0.05) is 18.9 Å². The molecule has 1 aromatic heterocycles. The van der Waals surface area contributed by atoms with Gasteiger partial charge in [-0.25, -0.2) is 4.98 Å². The standard InChI is InChI=1S/C12H18N2OS/c1-2-6-14-7-5-13-12(14)9-10(15)11-4-3-8-16-11/h5,7,11H,2-4,6,8-9H2,1H3. The maximum absolute atomic E-state index is 12.0. The molecule has 2 rings (SSSR count). The molecule has 0 amide bonds. The molecule has 0 radical (unpaired) electrons. The Hall–Kier alpha value is -0.770. The lowest BCUT2D eigenvalue weighted by Gasteiger charge is -2.08. The van der Waals surface area contributed by atoms with Gasteiger partial charge < -0.3 is 4.57 Å². The van der Waals surface area contributed by atoms with Gasteiger partial charge in [-0.15, -0.1) is 0 Å². The molecule has 16 heavy (non-hydrogen) atoms. The molecule has 2 heterocycles. The number of carbonyl (C=O) groups is 1. The molecule has 1 fully saturated rings. The number of hydrogen-bond donors (Lipinski definition) is 0. The molecule has 0 saturated carbocycles. The number of nitrogens with zero attached hydrogens (tertiary/aromatic N) is 2. The molecule has 0 bridgehead atoms. The second-order valence-electron chi connectivity index (χ2n) is 4.18. The van der Waals surface area contributed by atoms with Gasteiger partial charge in [0.15, 0.2) is 5.78 Å². The van der Waals surface area contributed by atoms with Crippen LogP contribution >= 0.6 is 11.8 Å². The summed E-state index contributed by atoms with van der Waals surface area (Å²) in [6, 6.07) is 0. The minimum atomic E-state index is 0.228. The van der Waals surface area contributed by atoms with Crippen molar-refractivity contribution in [1.29, 1.82) is 0 Å². The summed E-state index contributed by atoms with van der Waals surface area (Å²) in [5, 5.41) is 0.228. The van der Waals surface area contributed by atoms with E-state index in [1.807, 2.05) is 6.20 Å². The van der Waals surface area contributed by atoms with Crippen LogP contribution in [0, 0.1) is 0 Å². The summed E-state index contributed by atoms with van der Waals surface area (Å²) in [7, 11) is 0. The molecule has 0 spiro atoms. The van der Waals surface area contributed by atoms with Crippen LogP contribution in [0.25, 0.3) is 0 Å². The topological polar surface area (TPSA) is 34.9 Å². The quantitative estimate of drug-likeness (QED) is 0.789. The smallest absolute Gasteiger partial charge is 0.153 e. The fourth-order valence-electron chi connectivity index (χ4n) is 2.05. The number of hydrogen-bond acceptors (Lipinski definition) is 3. The predicted octanol–water partition coefficient (Wildman–Crippen LogP) is 2.30. The lowest BCUT2D eigenvalue weighted by molar-refractivity contribution is -0.118. The molecule has 1 aliphatic rings. The van der Waals surface area contributed by atoms with Crippen LogP contribution in [0.1, 0.15) is 32.0 Å². The van der Waals surface area contributed by atoms with Gasteiger partial charge in [0.2, 0.25) is 0 Å². The van der Waals surface area contributed by atoms with Crippen LogP contribution in [0.4, 0.5) is 0 Å². The van der Waals surface area contributed by atoms with Gasteiger partial charge in [-0.3, -0.25) is 4.79 Å². The Morgan fingerprint density at radius 1 is 1.69 bits per heavy atom. The van der Waals surface area contributed by atoms with Crippen LogP contribution in [-0.4, -0.2) is 26.3 Å². The van der Waals surface area contributed by atoms with E-state index in [0.29, 0.717) is 12.2 Å². The zero-order valence-electron chi connectivity index (χ0n) is 9.69. The number of rotatable bonds is 5. The minimum Gasteiger partial charge on any atom is -0.335 e. The van der Waals surface area contributed by atoms with E-state index in [0.717, 1.165) is 31.0 Å². The van der Waals surface area contributed by atoms with Crippen molar-refractivity contribution in [3.63, 3.8) is 0 Å². The second kappa shape index (κ2) is 5.53. The Morgan fingerprint density at radius 2 is 2.56 bits per heavy atom. The summed E-state index contributed by atoms with van der Waals surface area (Å²) in [5.74, 6) is 2.42. The lowest BCUT2D eigenvalue weighted by atomic mass is 10.1. The van der Waals surface area contributed by atoms with Gasteiger partial charge in [-0.05, 0) is 25.0 Å². The van der Waals surface area contributed by atoms with Crippen LogP contribution in [0.15, 0.2) is 12.4 Å². The Bertz CT molecular complexity index is 356. The second-order valence-corrected chi connectivity index (χ2v) is 5.49. The predicted molar refractivity (Wildman–Crippen MR) is 66.7 cm³/mol. The van der Waals surface area contributed by atoms with Gasteiger partial charge in [0.05, 0.1) is 11.7 Å². The monoisotopic (exact) mass is 238 g/mol. The Morgan fingerprint density at radius 3 is 3.25 bits per heavy atom. The maximum Gasteiger partial charge on any atom is 0.153 e. The third kappa shape index (κ3) is 2.67. The van der Waals surface area contributed by atoms with E-state index in [9.17, 15) is 4.79 Å². The molecule has 0 N–H and O–H groups in total. The number of imidazole rings is 1. The van der Waals surface area contributed by atoms with Crippen LogP contribution < -0.4 is 0 Å². The highest BCUT2D eigenvalue weighted by Gasteiger charge is 2.24. The molecule has 1 aromatic rings. The maximum atomic E-state index is 12.0. The third-order valence-electron chi connectivity index (χ3n) is 2.89. The van der Waals surface area contributed by atoms with Crippen LogP contribution in [0.2, 0.25) is 0 Å². The number of aryl methyl sites for hydroxylation is 1. The first-order valence-corrected chi connectivity index (χ1v) is 7.00. The molecule has 88 valence electrons. The van der Waals surface area contributed by atoms with Gasteiger partial charge in [-0.1, -0.05) is 6.92 Å². The summed E-state index contributed by atoms with van der Waals surface area (Å²) in [5.41, 5.74) is 0. The lowest BCUT2D eigenvalue weighted by Crippen LogP contribution is -2.19. The van der Waals surface area contributed by atoms with Crippen molar-refractivity contribution in [3.8, 4) is 0 Å². The fourth-order valence-corrected chi connectivity index (χ4v) is 3.27. The van der Waals surface area contributed by atoms with Gasteiger partial charge in [0.25, 0.3) is 0 Å². The minimum absolute atomic E-state index is 0.228. The molecule has 1 unspecified atom stereocenters. The molecule has 3 nitrogen and oxygen atoms in total. The summed E-state index contributed by atoms with van der Waals surface area (Å²) in [4.78, 5) is 16.3. The van der Waals surface area contributed by atoms with Crippen LogP contribution in [0.3, 0.4) is 0 Å². The highest BCUT2D eigenvalue weighted by molar-refractivity contribution is 8.00. The highest BCUT2D eigenvalue weighted by atomic mass is 32.2. The van der Waals surface area contributed by atoms with Crippen molar-refractivity contribution < 1.29 is 4.79 Å². The molecule has 1 atom stereocenters. The number of carbonyl (C=O) groups excluding carboxylic acids is 1. The summed E-state index contributed by atoms with van der Waals surface area (Å²) < 4.78 is 2.09. The first kappa shape index (κ1) is 11.7. The first-order valence-electron chi connectivity index (χ1n) is 5.95. The van der Waals surface area contributed by atoms with Gasteiger partial charge in [0.1, 0.15) is 5.82 Å². The van der Waals surface area contributed by atoms with E-state index in [4.69, 9.17) is 0 Å². The van der Waals surface area contributed by atoms with E-state index in [2.05, 4.69) is 16.5 Å². The zero-order valence-corrected chi connectivity index (χ0v) is 10.5. The van der Waals surface area contributed by atoms with Crippen molar-refractivity contribution in [2.45, 2.75) is 44.4 Å². The van der Waals surface area contributed by atoms with Crippen molar-refractivity contribution in [2.75, 3.05) is 5.75 Å². The molecule has 1 saturated heterocycles. The van der Waals surface area contributed by atoms with Crippen molar-refractivity contribution in [2.24, 2.45) is 0 Å². The summed E-state index contributed by atoms with van der Waals surface area (Å²) >= 11 is 1.80. The number of ketones is 1. The fraction of sp³-hybridized carbons (Fsp3) is 0.667. The summed E-state index contributed by atoms with van der Waals surface area (Å²) in [6.07, 6.45) is 7.58. The van der Waals surface area contributed by atoms with E-state index in [1.165, 1.54) is 6.42 Å². The van der Waals surface area contributed by atoms with E-state index < -0.39 is 0 Å². The Balaban J connectivity index is 1.96.